The molecule has 6 rings (SSSR count). The van der Waals surface area contributed by atoms with E-state index in [2.05, 4.69) is 47.4 Å². The topological polar surface area (TPSA) is 35.9 Å². The molecule has 0 aromatic heterocycles. The van der Waals surface area contributed by atoms with Gasteiger partial charge in [0.2, 0.25) is 0 Å². The molecule has 1 fully saturated rings. The second kappa shape index (κ2) is 8.69. The third-order valence-electron chi connectivity index (χ3n) is 8.01. The highest BCUT2D eigenvalue weighted by molar-refractivity contribution is 6.31. The van der Waals surface area contributed by atoms with Crippen molar-refractivity contribution in [2.24, 2.45) is 16.4 Å². The number of anilines is 2. The molecule has 0 radical (unpaired) electrons. The third kappa shape index (κ3) is 3.75. The fourth-order valence-electron chi connectivity index (χ4n) is 6.27. The van der Waals surface area contributed by atoms with E-state index >= 15 is 0 Å². The minimum absolute atomic E-state index is 0.0319. The molecule has 178 valence electrons. The van der Waals surface area contributed by atoms with Gasteiger partial charge < -0.3 is 4.90 Å². The van der Waals surface area contributed by atoms with Crippen molar-refractivity contribution in [1.29, 1.82) is 0 Å². The zero-order chi connectivity index (χ0) is 24.2. The number of rotatable bonds is 3. The Bertz CT molecular complexity index is 1310. The van der Waals surface area contributed by atoms with Crippen molar-refractivity contribution in [3.63, 3.8) is 0 Å². The summed E-state index contributed by atoms with van der Waals surface area (Å²) < 4.78 is 0. The van der Waals surface area contributed by atoms with Crippen LogP contribution in [0.25, 0.3) is 0 Å². The quantitative estimate of drug-likeness (QED) is 0.394. The molecular formula is C29H27Cl2N3O. The molecule has 3 aromatic rings. The van der Waals surface area contributed by atoms with Crippen molar-refractivity contribution in [3.05, 3.63) is 94.0 Å². The van der Waals surface area contributed by atoms with Crippen LogP contribution in [-0.2, 0) is 17.6 Å². The molecule has 1 amide bonds. The van der Waals surface area contributed by atoms with Crippen molar-refractivity contribution in [2.75, 3.05) is 16.5 Å². The van der Waals surface area contributed by atoms with E-state index in [-0.39, 0.29) is 11.9 Å². The summed E-state index contributed by atoms with van der Waals surface area (Å²) in [5.74, 6) is 0.551. The lowest BCUT2D eigenvalue weighted by molar-refractivity contribution is -0.125. The Kier molecular flexibility index (Phi) is 5.62. The lowest BCUT2D eigenvalue weighted by Crippen LogP contribution is -2.62. The van der Waals surface area contributed by atoms with Gasteiger partial charge in [-0.1, -0.05) is 59.6 Å². The average Bonchev–Trinajstić information content (AvgIpc) is 3.11. The summed E-state index contributed by atoms with van der Waals surface area (Å²) in [5.41, 5.74) is 4.61. The highest BCUT2D eigenvalue weighted by Gasteiger charge is 2.59. The van der Waals surface area contributed by atoms with Crippen molar-refractivity contribution >= 4 is 46.2 Å². The summed E-state index contributed by atoms with van der Waals surface area (Å²) in [6, 6.07) is 24.1. The summed E-state index contributed by atoms with van der Waals surface area (Å²) >= 11 is 12.5. The predicted molar refractivity (Wildman–Crippen MR) is 144 cm³/mol. The van der Waals surface area contributed by atoms with Crippen LogP contribution in [0.15, 0.2) is 77.9 Å². The Morgan fingerprint density at radius 2 is 1.74 bits per heavy atom. The maximum Gasteiger partial charge on any atom is 0.261 e. The van der Waals surface area contributed by atoms with Gasteiger partial charge in [-0.15, -0.1) is 0 Å². The molecule has 3 aliphatic heterocycles. The number of hydrogen-bond acceptors (Lipinski definition) is 3. The Morgan fingerprint density at radius 1 is 1.00 bits per heavy atom. The van der Waals surface area contributed by atoms with Crippen LogP contribution in [0.3, 0.4) is 0 Å². The van der Waals surface area contributed by atoms with Gasteiger partial charge in [0.15, 0.2) is 0 Å². The van der Waals surface area contributed by atoms with Gasteiger partial charge in [0, 0.05) is 28.3 Å². The summed E-state index contributed by atoms with van der Waals surface area (Å²) in [5, 5.41) is 7.80. The van der Waals surface area contributed by atoms with Crippen LogP contribution in [-0.4, -0.2) is 24.2 Å². The van der Waals surface area contributed by atoms with Gasteiger partial charge in [-0.05, 0) is 86.1 Å². The second-order valence-electron chi connectivity index (χ2n) is 9.99. The molecular weight excluding hydrogens is 477 g/mol. The largest absolute Gasteiger partial charge is 0.367 e. The highest BCUT2D eigenvalue weighted by Crippen LogP contribution is 2.51. The Morgan fingerprint density at radius 3 is 2.51 bits per heavy atom. The van der Waals surface area contributed by atoms with E-state index < -0.39 is 5.41 Å². The van der Waals surface area contributed by atoms with Crippen LogP contribution in [0, 0.1) is 11.3 Å². The molecule has 4 nitrogen and oxygen atoms in total. The van der Waals surface area contributed by atoms with Crippen LogP contribution in [0.4, 0.5) is 11.4 Å². The fourth-order valence-corrected chi connectivity index (χ4v) is 6.56. The van der Waals surface area contributed by atoms with Gasteiger partial charge in [0.05, 0.1) is 11.4 Å². The van der Waals surface area contributed by atoms with Crippen LogP contribution >= 0.6 is 23.2 Å². The highest BCUT2D eigenvalue weighted by atomic mass is 35.5. The number of halogens is 2. The molecule has 3 atom stereocenters. The number of benzene rings is 3. The molecule has 3 aromatic carbocycles. The van der Waals surface area contributed by atoms with E-state index in [1.807, 2.05) is 25.1 Å². The Hall–Kier alpha value is -2.82. The first-order valence-electron chi connectivity index (χ1n) is 12.2. The summed E-state index contributed by atoms with van der Waals surface area (Å²) in [7, 11) is 0. The number of amides is 1. The van der Waals surface area contributed by atoms with Gasteiger partial charge in [-0.2, -0.15) is 10.1 Å². The number of carbonyl (C=O) groups excluding carboxylic acids is 1. The molecule has 35 heavy (non-hydrogen) atoms. The Labute approximate surface area is 216 Å². The van der Waals surface area contributed by atoms with E-state index in [0.717, 1.165) is 53.5 Å². The van der Waals surface area contributed by atoms with E-state index in [9.17, 15) is 4.79 Å². The first-order valence-corrected chi connectivity index (χ1v) is 13.0. The second-order valence-corrected chi connectivity index (χ2v) is 10.9. The van der Waals surface area contributed by atoms with Gasteiger partial charge in [-0.3, -0.25) is 4.79 Å². The lowest BCUT2D eigenvalue weighted by Gasteiger charge is -2.52. The summed E-state index contributed by atoms with van der Waals surface area (Å²) in [4.78, 5) is 16.7. The minimum Gasteiger partial charge on any atom is -0.367 e. The predicted octanol–water partition coefficient (Wildman–Crippen LogP) is 6.79. The Balaban J connectivity index is 1.41. The van der Waals surface area contributed by atoms with Crippen molar-refractivity contribution in [1.82, 2.24) is 0 Å². The van der Waals surface area contributed by atoms with Crippen LogP contribution in [0.1, 0.15) is 30.9 Å². The van der Waals surface area contributed by atoms with Crippen LogP contribution in [0.5, 0.6) is 0 Å². The molecule has 3 heterocycles. The van der Waals surface area contributed by atoms with E-state index in [1.54, 1.807) is 17.1 Å². The van der Waals surface area contributed by atoms with Crippen molar-refractivity contribution < 1.29 is 4.79 Å². The lowest BCUT2D eigenvalue weighted by atomic mass is 9.64. The first kappa shape index (κ1) is 22.6. The molecule has 1 spiro atoms. The van der Waals surface area contributed by atoms with Crippen LogP contribution in [0.2, 0.25) is 10.0 Å². The van der Waals surface area contributed by atoms with E-state index in [0.29, 0.717) is 17.4 Å². The molecule has 0 bridgehead atoms. The average molecular weight is 504 g/mol. The van der Waals surface area contributed by atoms with Gasteiger partial charge in [0.1, 0.15) is 5.41 Å². The molecule has 1 saturated heterocycles. The number of carbonyl (C=O) groups is 1. The minimum atomic E-state index is -0.699. The molecule has 6 heteroatoms. The normalized spacial score (nSPS) is 25.5. The zero-order valence-electron chi connectivity index (χ0n) is 19.6. The van der Waals surface area contributed by atoms with Crippen LogP contribution < -0.4 is 9.91 Å². The van der Waals surface area contributed by atoms with Crippen molar-refractivity contribution in [3.8, 4) is 0 Å². The van der Waals surface area contributed by atoms with Gasteiger partial charge >= 0.3 is 0 Å². The standard InChI is InChI=1S/C29H27Cl2N3O/c1-19-29(28(35)34(32-19)25-11-9-23(30)10-12-25)18-22-7-8-24(31)17-26(22)33-14-13-21(16-27(29)33)15-20-5-3-2-4-6-20/h2-12,17,21,27H,13-16,18H2,1H3/t21-,27-,29-/m1/s1. The van der Waals surface area contributed by atoms with Gasteiger partial charge in [0.25, 0.3) is 5.91 Å². The molecule has 3 aliphatic rings. The van der Waals surface area contributed by atoms with E-state index in [4.69, 9.17) is 28.3 Å². The fraction of sp³-hybridized carbons (Fsp3) is 0.310. The monoisotopic (exact) mass is 503 g/mol. The van der Waals surface area contributed by atoms with Gasteiger partial charge in [-0.25, -0.2) is 0 Å². The molecule has 0 N–H and O–H groups in total. The number of fused-ring (bicyclic) bond motifs is 4. The number of hydrogen-bond donors (Lipinski definition) is 0. The molecule has 0 saturated carbocycles. The molecule has 0 unspecified atom stereocenters. The number of piperidine rings is 1. The SMILES string of the molecule is CC1=NN(c2ccc(Cl)cc2)C(=O)[C@]12Cc1ccc(Cl)cc1N1CC[C@H](Cc3ccccc3)C[C@@H]12. The number of nitrogens with zero attached hydrogens (tertiary/aromatic N) is 3. The third-order valence-corrected chi connectivity index (χ3v) is 8.50. The zero-order valence-corrected chi connectivity index (χ0v) is 21.1. The van der Waals surface area contributed by atoms with Crippen molar-refractivity contribution in [2.45, 2.75) is 38.6 Å². The molecule has 0 aliphatic carbocycles. The maximum absolute atomic E-state index is 14.3. The summed E-state index contributed by atoms with van der Waals surface area (Å²) in [6.45, 7) is 2.92. The maximum atomic E-state index is 14.3. The summed E-state index contributed by atoms with van der Waals surface area (Å²) in [6.07, 6.45) is 3.68. The van der Waals surface area contributed by atoms with E-state index in [1.165, 1.54) is 5.56 Å². The number of hydrazone groups is 1. The first-order chi connectivity index (χ1) is 17.0. The smallest absolute Gasteiger partial charge is 0.261 e.